The first-order valence-electron chi connectivity index (χ1n) is 15.1. The molecule has 0 amide bonds. The van der Waals surface area contributed by atoms with Crippen molar-refractivity contribution in [2.45, 2.75) is 89.1 Å². The zero-order valence-electron chi connectivity index (χ0n) is 28.4. The molecule has 4 aromatic rings. The third-order valence-electron chi connectivity index (χ3n) is 7.57. The zero-order valence-corrected chi connectivity index (χ0v) is 31.3. The van der Waals surface area contributed by atoms with E-state index < -0.39 is 79.1 Å². The summed E-state index contributed by atoms with van der Waals surface area (Å²) in [6.07, 6.45) is -21.2. The van der Waals surface area contributed by atoms with Gasteiger partial charge in [0.25, 0.3) is 0 Å². The van der Waals surface area contributed by atoms with E-state index in [9.17, 15) is 52.7 Å². The maximum atomic E-state index is 13.9. The Morgan fingerprint density at radius 2 is 0.882 bits per heavy atom. The van der Waals surface area contributed by atoms with Crippen molar-refractivity contribution in [1.82, 2.24) is 0 Å². The molecule has 0 saturated carbocycles. The first kappa shape index (κ1) is 44.8. The molecular formula is C36H36F12FeP2. The predicted molar refractivity (Wildman–Crippen MR) is 178 cm³/mol. The number of halogens is 12. The maximum absolute atomic E-state index is 13.9. The minimum atomic E-state index is -5.29. The summed E-state index contributed by atoms with van der Waals surface area (Å²) in [5.74, 6) is 0. The van der Waals surface area contributed by atoms with E-state index in [0.29, 0.717) is 29.8 Å². The molecule has 0 aliphatic heterocycles. The second-order valence-electron chi connectivity index (χ2n) is 13.6. The van der Waals surface area contributed by atoms with Crippen molar-refractivity contribution in [2.24, 2.45) is 0 Å². The van der Waals surface area contributed by atoms with Crippen LogP contribution in [0.15, 0.2) is 84.9 Å². The normalized spacial score (nSPS) is 13.9. The Labute approximate surface area is 302 Å². The van der Waals surface area contributed by atoms with Crippen molar-refractivity contribution in [2.75, 3.05) is 0 Å². The van der Waals surface area contributed by atoms with E-state index in [4.69, 9.17) is 0 Å². The quantitative estimate of drug-likeness (QED) is 0.0815. The maximum Gasteiger partial charge on any atom is 2.00 e. The summed E-state index contributed by atoms with van der Waals surface area (Å²) in [7, 11) is -3.84. The van der Waals surface area contributed by atoms with Gasteiger partial charge < -0.3 is 0 Å². The van der Waals surface area contributed by atoms with Crippen LogP contribution < -0.4 is 15.9 Å². The third kappa shape index (κ3) is 11.6. The molecule has 0 saturated heterocycles. The summed E-state index contributed by atoms with van der Waals surface area (Å²) in [6.45, 7) is 13.6. The van der Waals surface area contributed by atoms with Crippen LogP contribution in [0.2, 0.25) is 0 Å². The fourth-order valence-corrected chi connectivity index (χ4v) is 13.8. The van der Waals surface area contributed by atoms with E-state index in [2.05, 4.69) is 0 Å². The summed E-state index contributed by atoms with van der Waals surface area (Å²) in [4.78, 5) is 0. The Morgan fingerprint density at radius 3 is 1.14 bits per heavy atom. The topological polar surface area (TPSA) is 0 Å². The minimum Gasteiger partial charge on any atom is -0.214 e. The smallest absolute Gasteiger partial charge is 0.214 e. The van der Waals surface area contributed by atoms with Gasteiger partial charge in [-0.1, -0.05) is 48.5 Å². The van der Waals surface area contributed by atoms with Crippen LogP contribution in [0, 0.1) is 0 Å². The molecule has 0 aliphatic rings. The van der Waals surface area contributed by atoms with Crippen LogP contribution in [0.3, 0.4) is 0 Å². The Kier molecular flexibility index (Phi) is 14.0. The van der Waals surface area contributed by atoms with Crippen LogP contribution in [0.1, 0.15) is 81.9 Å². The second-order valence-corrected chi connectivity index (χ2v) is 20.0. The number of benzene rings is 2. The van der Waals surface area contributed by atoms with Crippen LogP contribution in [-0.4, -0.2) is 10.3 Å². The standard InChI is InChI=1S/C31H31F12P2.C5H5.Fe/c1-17(45(26(2,3)4)27(5,6)7)24-9-8-10-25(24)44(22-13-18(28(32,33)34)11-19(14-22)29(35,36)37)23-15-20(30(38,39)40)12-21(16-23)31(41,42)43;1-2-4-5-3-1;/h8-17H,1-7H3;1-5H;/q2*-1;+2/t17-;;/m0../s1. The molecule has 0 spiro atoms. The van der Waals surface area contributed by atoms with E-state index in [0.717, 1.165) is 0 Å². The fourth-order valence-electron chi connectivity index (χ4n) is 6.17. The Bertz CT molecular complexity index is 1530. The van der Waals surface area contributed by atoms with Gasteiger partial charge in [0.2, 0.25) is 0 Å². The molecule has 4 rings (SSSR count). The summed E-state index contributed by atoms with van der Waals surface area (Å²) >= 11 is 0. The number of rotatable bonds is 5. The molecule has 0 nitrogen and oxygen atoms in total. The van der Waals surface area contributed by atoms with E-state index in [1.807, 2.05) is 78.8 Å². The molecule has 282 valence electrons. The zero-order chi connectivity index (χ0) is 38.3. The van der Waals surface area contributed by atoms with E-state index in [-0.39, 0.29) is 44.8 Å². The number of alkyl halides is 12. The third-order valence-corrected chi connectivity index (χ3v) is 13.9. The summed E-state index contributed by atoms with van der Waals surface area (Å²) in [5, 5.41) is -1.98. The molecule has 1 atom stereocenters. The molecule has 0 bridgehead atoms. The second kappa shape index (κ2) is 16.0. The van der Waals surface area contributed by atoms with Gasteiger partial charge >= 0.3 is 41.8 Å². The van der Waals surface area contributed by atoms with Crippen molar-refractivity contribution in [3.05, 3.63) is 113 Å². The molecule has 0 N–H and O–H groups in total. The fraction of sp³-hybridized carbons (Fsp3) is 0.389. The molecule has 0 aliphatic carbocycles. The molecule has 0 unspecified atom stereocenters. The Balaban J connectivity index is 0.00000138. The summed E-state index contributed by atoms with van der Waals surface area (Å²) in [5.41, 5.74) is -6.86. The van der Waals surface area contributed by atoms with Crippen LogP contribution in [0.5, 0.6) is 0 Å². The summed E-state index contributed by atoms with van der Waals surface area (Å²) < 4.78 is 167. The number of hydrogen-bond donors (Lipinski definition) is 0. The Hall–Kier alpha value is -2.32. The predicted octanol–water partition coefficient (Wildman–Crippen LogP) is 12.8. The van der Waals surface area contributed by atoms with Gasteiger partial charge in [0.1, 0.15) is 0 Å². The monoisotopic (exact) mass is 814 g/mol. The van der Waals surface area contributed by atoms with Crippen LogP contribution in [0.25, 0.3) is 0 Å². The van der Waals surface area contributed by atoms with E-state index >= 15 is 0 Å². The average Bonchev–Trinajstić information content (AvgIpc) is 3.65. The molecule has 0 fully saturated rings. The van der Waals surface area contributed by atoms with Crippen molar-refractivity contribution in [3.63, 3.8) is 0 Å². The van der Waals surface area contributed by atoms with Gasteiger partial charge in [-0.3, -0.25) is 0 Å². The molecule has 0 aromatic heterocycles. The van der Waals surface area contributed by atoms with Crippen LogP contribution in [0.4, 0.5) is 52.7 Å². The van der Waals surface area contributed by atoms with Crippen molar-refractivity contribution in [3.8, 4) is 0 Å². The largest absolute Gasteiger partial charge is 2.00 e. The molecule has 0 heterocycles. The SMILES string of the molecule is C[C@@H]([c-]1cccc1P(c1cc(C(F)(F)F)cc(C(F)(F)F)c1)c1cc(C(F)(F)F)cc(C(F)(F)F)c1)P(C(C)(C)C)C(C)(C)C.[Fe+2].c1cc[cH-]c1. The van der Waals surface area contributed by atoms with Gasteiger partial charge in [0, 0.05) is 0 Å². The van der Waals surface area contributed by atoms with Crippen LogP contribution >= 0.6 is 15.8 Å². The van der Waals surface area contributed by atoms with Gasteiger partial charge in [-0.2, -0.15) is 77.0 Å². The first-order chi connectivity index (χ1) is 22.5. The van der Waals surface area contributed by atoms with Crippen molar-refractivity contribution >= 4 is 31.8 Å². The van der Waals surface area contributed by atoms with Crippen molar-refractivity contribution in [1.29, 1.82) is 0 Å². The van der Waals surface area contributed by atoms with Crippen molar-refractivity contribution < 1.29 is 69.8 Å². The molecule has 15 heteroatoms. The molecular weight excluding hydrogens is 778 g/mol. The average molecular weight is 814 g/mol. The van der Waals surface area contributed by atoms with Gasteiger partial charge in [0.15, 0.2) is 0 Å². The molecule has 4 aromatic carbocycles. The van der Waals surface area contributed by atoms with Gasteiger partial charge in [-0.05, 0) is 70.9 Å². The minimum absolute atomic E-state index is 0. The van der Waals surface area contributed by atoms with Gasteiger partial charge in [-0.25, -0.2) is 24.3 Å². The van der Waals surface area contributed by atoms with Gasteiger partial charge in [-0.15, -0.1) is 18.8 Å². The molecule has 51 heavy (non-hydrogen) atoms. The van der Waals surface area contributed by atoms with E-state index in [1.54, 1.807) is 6.07 Å². The summed E-state index contributed by atoms with van der Waals surface area (Å²) in [6, 6.07) is 15.7. The molecule has 0 radical (unpaired) electrons. The van der Waals surface area contributed by atoms with Crippen LogP contribution in [-0.2, 0) is 41.8 Å². The van der Waals surface area contributed by atoms with Gasteiger partial charge in [0.05, 0.1) is 22.3 Å². The van der Waals surface area contributed by atoms with E-state index in [1.165, 1.54) is 12.1 Å². The first-order valence-corrected chi connectivity index (χ1v) is 17.9. The number of hydrogen-bond acceptors (Lipinski definition) is 0. The Morgan fingerprint density at radius 1 is 0.549 bits per heavy atom.